The molecule has 0 unspecified atom stereocenters. The summed E-state index contributed by atoms with van der Waals surface area (Å²) in [7, 11) is 0. The number of thiophene rings is 1. The number of benzene rings is 1. The molecule has 132 valence electrons. The molecule has 0 spiro atoms. The van der Waals surface area contributed by atoms with Crippen molar-refractivity contribution < 1.29 is 4.79 Å². The van der Waals surface area contributed by atoms with E-state index in [-0.39, 0.29) is 5.91 Å². The summed E-state index contributed by atoms with van der Waals surface area (Å²) in [5.74, 6) is -0.240. The SMILES string of the molecule is Cc1ccc2cc3c(N)c(C(=O)Nc4nc(C)c(C)s4)sc3nc2c1C. The molecule has 3 aromatic heterocycles. The summed E-state index contributed by atoms with van der Waals surface area (Å²) < 4.78 is 0. The largest absolute Gasteiger partial charge is 0.397 e. The molecule has 5 nitrogen and oxygen atoms in total. The number of rotatable bonds is 2. The number of hydrogen-bond donors (Lipinski definition) is 2. The Morgan fingerprint density at radius 1 is 1.12 bits per heavy atom. The van der Waals surface area contributed by atoms with Crippen LogP contribution in [0.15, 0.2) is 18.2 Å². The normalized spacial score (nSPS) is 11.4. The van der Waals surface area contributed by atoms with Crippen LogP contribution in [0.4, 0.5) is 10.8 Å². The predicted molar refractivity (Wildman–Crippen MR) is 111 cm³/mol. The first kappa shape index (κ1) is 16.9. The molecule has 3 N–H and O–H groups in total. The summed E-state index contributed by atoms with van der Waals surface area (Å²) >= 11 is 2.78. The molecule has 0 aliphatic rings. The maximum Gasteiger partial charge on any atom is 0.269 e. The molecule has 0 fully saturated rings. The zero-order chi connectivity index (χ0) is 18.6. The highest BCUT2D eigenvalue weighted by Crippen LogP contribution is 2.36. The van der Waals surface area contributed by atoms with E-state index in [0.717, 1.165) is 37.3 Å². The zero-order valence-corrected chi connectivity index (χ0v) is 16.6. The molecule has 0 atom stereocenters. The highest BCUT2D eigenvalue weighted by molar-refractivity contribution is 7.21. The van der Waals surface area contributed by atoms with Crippen molar-refractivity contribution in [3.8, 4) is 0 Å². The van der Waals surface area contributed by atoms with Crippen molar-refractivity contribution in [2.75, 3.05) is 11.1 Å². The Morgan fingerprint density at radius 2 is 1.88 bits per heavy atom. The van der Waals surface area contributed by atoms with Crippen molar-refractivity contribution in [3.63, 3.8) is 0 Å². The predicted octanol–water partition coefficient (Wildman–Crippen LogP) is 4.97. The average molecular weight is 383 g/mol. The topological polar surface area (TPSA) is 80.9 Å². The highest BCUT2D eigenvalue weighted by atomic mass is 32.1. The Bertz CT molecular complexity index is 1170. The van der Waals surface area contributed by atoms with Crippen molar-refractivity contribution in [1.82, 2.24) is 9.97 Å². The second-order valence-electron chi connectivity index (χ2n) is 6.38. The minimum Gasteiger partial charge on any atom is -0.397 e. The van der Waals surface area contributed by atoms with Crippen molar-refractivity contribution in [2.24, 2.45) is 0 Å². The molecule has 0 saturated heterocycles. The van der Waals surface area contributed by atoms with Crippen molar-refractivity contribution >= 4 is 60.5 Å². The van der Waals surface area contributed by atoms with Crippen LogP contribution in [0, 0.1) is 27.7 Å². The van der Waals surface area contributed by atoms with Gasteiger partial charge in [-0.15, -0.1) is 22.7 Å². The van der Waals surface area contributed by atoms with Crippen molar-refractivity contribution in [1.29, 1.82) is 0 Å². The van der Waals surface area contributed by atoms with Gasteiger partial charge in [-0.3, -0.25) is 10.1 Å². The molecule has 0 saturated carbocycles. The van der Waals surface area contributed by atoms with Gasteiger partial charge < -0.3 is 5.73 Å². The number of fused-ring (bicyclic) bond motifs is 2. The second kappa shape index (κ2) is 6.03. The van der Waals surface area contributed by atoms with Gasteiger partial charge in [-0.05, 0) is 44.9 Å². The van der Waals surface area contributed by atoms with Crippen molar-refractivity contribution in [3.05, 3.63) is 44.8 Å². The summed E-state index contributed by atoms with van der Waals surface area (Å²) in [6.07, 6.45) is 0. The number of nitrogens with one attached hydrogen (secondary N) is 1. The van der Waals surface area contributed by atoms with Gasteiger partial charge in [0.1, 0.15) is 9.71 Å². The Morgan fingerprint density at radius 3 is 2.58 bits per heavy atom. The molecular weight excluding hydrogens is 364 g/mol. The number of hydrogen-bond acceptors (Lipinski definition) is 6. The van der Waals surface area contributed by atoms with Crippen molar-refractivity contribution in [2.45, 2.75) is 27.7 Å². The van der Waals surface area contributed by atoms with Crippen LogP contribution >= 0.6 is 22.7 Å². The van der Waals surface area contributed by atoms with Crippen LogP contribution in [0.25, 0.3) is 21.1 Å². The summed E-state index contributed by atoms with van der Waals surface area (Å²) in [5.41, 5.74) is 11.0. The van der Waals surface area contributed by atoms with Crippen LogP contribution in [0.5, 0.6) is 0 Å². The number of thiazole rings is 1. The van der Waals surface area contributed by atoms with Gasteiger partial charge in [-0.1, -0.05) is 12.1 Å². The van der Waals surface area contributed by atoms with E-state index in [0.29, 0.717) is 15.7 Å². The number of aryl methyl sites for hydroxylation is 4. The maximum absolute atomic E-state index is 12.7. The third-order valence-electron chi connectivity index (χ3n) is 4.67. The van der Waals surface area contributed by atoms with Crippen LogP contribution in [0.3, 0.4) is 0 Å². The van der Waals surface area contributed by atoms with E-state index in [1.807, 2.05) is 26.0 Å². The lowest BCUT2D eigenvalue weighted by molar-refractivity contribution is 0.103. The van der Waals surface area contributed by atoms with Gasteiger partial charge in [0.05, 0.1) is 16.9 Å². The van der Waals surface area contributed by atoms with Gasteiger partial charge in [0, 0.05) is 15.6 Å². The Kier molecular flexibility index (Phi) is 3.93. The van der Waals surface area contributed by atoms with Crippen LogP contribution in [-0.4, -0.2) is 15.9 Å². The van der Waals surface area contributed by atoms with E-state index < -0.39 is 0 Å². The van der Waals surface area contributed by atoms with E-state index in [4.69, 9.17) is 10.7 Å². The van der Waals surface area contributed by atoms with Gasteiger partial charge in [0.25, 0.3) is 5.91 Å². The van der Waals surface area contributed by atoms with Crippen LogP contribution in [0.1, 0.15) is 31.4 Å². The number of nitrogens with zero attached hydrogens (tertiary/aromatic N) is 2. The fourth-order valence-electron chi connectivity index (χ4n) is 2.86. The molecular formula is C19H18N4OS2. The molecule has 7 heteroatoms. The third-order valence-corrected chi connectivity index (χ3v) is 6.77. The van der Waals surface area contributed by atoms with Crippen LogP contribution in [-0.2, 0) is 0 Å². The summed E-state index contributed by atoms with van der Waals surface area (Å²) in [5, 5.41) is 5.30. The number of nitrogen functional groups attached to an aromatic ring is 1. The molecule has 0 radical (unpaired) electrons. The van der Waals surface area contributed by atoms with Crippen LogP contribution < -0.4 is 11.1 Å². The number of aromatic nitrogens is 2. The fraction of sp³-hybridized carbons (Fsp3) is 0.211. The van der Waals surface area contributed by atoms with E-state index in [1.165, 1.54) is 28.2 Å². The molecule has 0 aliphatic carbocycles. The average Bonchev–Trinajstić information content (AvgIpc) is 3.09. The van der Waals surface area contributed by atoms with Gasteiger partial charge in [0.2, 0.25) is 0 Å². The molecule has 4 rings (SSSR count). The molecule has 0 aliphatic heterocycles. The molecule has 4 aromatic rings. The highest BCUT2D eigenvalue weighted by Gasteiger charge is 2.19. The number of nitrogens with two attached hydrogens (primary N) is 1. The van der Waals surface area contributed by atoms with E-state index in [2.05, 4.69) is 30.2 Å². The number of carbonyl (C=O) groups excluding carboxylic acids is 1. The number of carbonyl (C=O) groups is 1. The molecule has 1 amide bonds. The Balaban J connectivity index is 1.80. The molecule has 26 heavy (non-hydrogen) atoms. The smallest absolute Gasteiger partial charge is 0.269 e. The van der Waals surface area contributed by atoms with Gasteiger partial charge in [-0.25, -0.2) is 9.97 Å². The Hall–Kier alpha value is -2.51. The molecule has 3 heterocycles. The first-order chi connectivity index (χ1) is 12.3. The van der Waals surface area contributed by atoms with Gasteiger partial charge >= 0.3 is 0 Å². The number of anilines is 2. The minimum absolute atomic E-state index is 0.240. The van der Waals surface area contributed by atoms with Crippen LogP contribution in [0.2, 0.25) is 0 Å². The lowest BCUT2D eigenvalue weighted by Gasteiger charge is -2.05. The fourth-order valence-corrected chi connectivity index (χ4v) is 4.64. The zero-order valence-electron chi connectivity index (χ0n) is 14.9. The monoisotopic (exact) mass is 382 g/mol. The number of pyridine rings is 1. The van der Waals surface area contributed by atoms with E-state index in [1.54, 1.807) is 0 Å². The first-order valence-corrected chi connectivity index (χ1v) is 9.82. The summed E-state index contributed by atoms with van der Waals surface area (Å²) in [6, 6.07) is 6.14. The van der Waals surface area contributed by atoms with E-state index in [9.17, 15) is 4.79 Å². The summed E-state index contributed by atoms with van der Waals surface area (Å²) in [4.78, 5) is 24.2. The summed E-state index contributed by atoms with van der Waals surface area (Å²) in [6.45, 7) is 8.04. The molecule has 0 bridgehead atoms. The lowest BCUT2D eigenvalue weighted by Crippen LogP contribution is -2.11. The van der Waals surface area contributed by atoms with Gasteiger partial charge in [-0.2, -0.15) is 0 Å². The van der Waals surface area contributed by atoms with Gasteiger partial charge in [0.15, 0.2) is 5.13 Å². The standard InChI is InChI=1S/C19H18N4OS2/c1-8-5-6-12-7-13-14(20)16(26-18(13)22-15(12)9(8)2)17(24)23-19-21-10(3)11(4)25-19/h5-7H,20H2,1-4H3,(H,21,23,24). The quantitative estimate of drug-likeness (QED) is 0.513. The maximum atomic E-state index is 12.7. The minimum atomic E-state index is -0.240. The number of amides is 1. The molecule has 1 aromatic carbocycles. The second-order valence-corrected chi connectivity index (χ2v) is 8.58. The third kappa shape index (κ3) is 2.64. The Labute approximate surface area is 158 Å². The van der Waals surface area contributed by atoms with E-state index >= 15 is 0 Å². The lowest BCUT2D eigenvalue weighted by atomic mass is 10.0. The first-order valence-electron chi connectivity index (χ1n) is 8.19.